The molecule has 1 N–H and O–H groups in total. The summed E-state index contributed by atoms with van der Waals surface area (Å²) >= 11 is 0. The van der Waals surface area contributed by atoms with Crippen molar-refractivity contribution in [3.63, 3.8) is 0 Å². The fourth-order valence-corrected chi connectivity index (χ4v) is 0.737. The van der Waals surface area contributed by atoms with Gasteiger partial charge in [-0.25, -0.2) is 0 Å². The molecule has 0 atom stereocenters. The first-order valence-electron chi connectivity index (χ1n) is 3.13. The van der Waals surface area contributed by atoms with E-state index in [1.165, 1.54) is 0 Å². The highest BCUT2D eigenvalue weighted by Crippen LogP contribution is 2.03. The van der Waals surface area contributed by atoms with Crippen LogP contribution in [0.4, 0.5) is 0 Å². The maximum Gasteiger partial charge on any atom is 0.111 e. The third kappa shape index (κ3) is 0.579. The quantitative estimate of drug-likeness (QED) is 0.562. The Kier molecular flexibility index (Phi) is 0.621. The minimum atomic E-state index is 0.371. The van der Waals surface area contributed by atoms with Gasteiger partial charge in [-0.2, -0.15) is 5.10 Å². The zero-order valence-electron chi connectivity index (χ0n) is 5.63. The van der Waals surface area contributed by atoms with Crippen LogP contribution in [0.2, 0.25) is 0 Å². The molecule has 9 heavy (non-hydrogen) atoms. The van der Waals surface area contributed by atoms with Gasteiger partial charge in [-0.1, -0.05) is 0 Å². The maximum atomic E-state index is 7.20. The lowest BCUT2D eigenvalue weighted by Crippen LogP contribution is -1.76. The van der Waals surface area contributed by atoms with Gasteiger partial charge >= 0.3 is 0 Å². The zero-order valence-corrected chi connectivity index (χ0v) is 4.63. The molecule has 0 aliphatic carbocycles. The van der Waals surface area contributed by atoms with Gasteiger partial charge in [-0.05, 0) is 12.1 Å². The minimum Gasteiger partial charge on any atom is -0.360 e. The molecule has 0 saturated carbocycles. The van der Waals surface area contributed by atoms with Crippen molar-refractivity contribution >= 4 is 11.0 Å². The van der Waals surface area contributed by atoms with Gasteiger partial charge in [0.2, 0.25) is 0 Å². The second-order valence-corrected chi connectivity index (χ2v) is 1.74. The molecular formula is C6H5N3. The number of aromatic amines is 1. The summed E-state index contributed by atoms with van der Waals surface area (Å²) in [7, 11) is 0. The number of hydrogen-bond donors (Lipinski definition) is 1. The molecule has 0 bridgehead atoms. The summed E-state index contributed by atoms with van der Waals surface area (Å²) in [4.78, 5) is 2.82. The number of hydrogen-bond acceptors (Lipinski definition) is 2. The molecule has 2 aromatic heterocycles. The predicted molar refractivity (Wildman–Crippen MR) is 33.9 cm³/mol. The lowest BCUT2D eigenvalue weighted by Gasteiger charge is -1.81. The normalized spacial score (nSPS) is 11.8. The molecule has 0 fully saturated rings. The first-order valence-corrected chi connectivity index (χ1v) is 2.63. The number of nitrogens with one attached hydrogen (secondary N) is 1. The van der Waals surface area contributed by atoms with Crippen molar-refractivity contribution in [2.45, 2.75) is 0 Å². The van der Waals surface area contributed by atoms with E-state index in [1.807, 2.05) is 0 Å². The van der Waals surface area contributed by atoms with Crippen LogP contribution in [-0.2, 0) is 0 Å². The summed E-state index contributed by atoms with van der Waals surface area (Å²) < 4.78 is 7.20. The highest BCUT2D eigenvalue weighted by Gasteiger charge is 1.89. The summed E-state index contributed by atoms with van der Waals surface area (Å²) in [5, 5.41) is 7.47. The van der Waals surface area contributed by atoms with Crippen LogP contribution in [-0.4, -0.2) is 15.2 Å². The summed E-state index contributed by atoms with van der Waals surface area (Å²) in [5.41, 5.74) is 1.60. The van der Waals surface area contributed by atoms with Gasteiger partial charge in [0.15, 0.2) is 0 Å². The van der Waals surface area contributed by atoms with Crippen LogP contribution in [0.25, 0.3) is 11.0 Å². The van der Waals surface area contributed by atoms with E-state index in [4.69, 9.17) is 1.37 Å². The Labute approximate surface area is 53.1 Å². The van der Waals surface area contributed by atoms with Crippen LogP contribution >= 0.6 is 0 Å². The number of rotatable bonds is 0. The van der Waals surface area contributed by atoms with Crippen molar-refractivity contribution < 1.29 is 1.37 Å². The van der Waals surface area contributed by atoms with Crippen molar-refractivity contribution in [1.82, 2.24) is 15.2 Å². The van der Waals surface area contributed by atoms with Gasteiger partial charge in [0.05, 0.1) is 13.1 Å². The molecule has 2 heterocycles. The molecule has 0 aliphatic heterocycles. The molecule has 2 rings (SSSR count). The molecule has 3 heteroatoms. The monoisotopic (exact) mass is 120 g/mol. The van der Waals surface area contributed by atoms with E-state index in [0.29, 0.717) is 6.17 Å². The Bertz CT molecular complexity index is 322. The molecule has 0 saturated heterocycles. The molecule has 0 radical (unpaired) electrons. The van der Waals surface area contributed by atoms with Crippen LogP contribution in [0.1, 0.15) is 1.37 Å². The summed E-state index contributed by atoms with van der Waals surface area (Å²) in [6, 6.07) is 3.43. The smallest absolute Gasteiger partial charge is 0.111 e. The number of H-pyrrole nitrogens is 1. The molecule has 0 spiro atoms. The molecule has 0 unspecified atom stereocenters. The highest BCUT2D eigenvalue weighted by atomic mass is 15.1. The van der Waals surface area contributed by atoms with Crippen LogP contribution in [0.3, 0.4) is 0 Å². The molecule has 0 amide bonds. The van der Waals surface area contributed by atoms with Gasteiger partial charge < -0.3 is 4.98 Å². The van der Waals surface area contributed by atoms with Crippen molar-refractivity contribution in [1.29, 1.82) is 0 Å². The van der Waals surface area contributed by atoms with Crippen LogP contribution in [0.15, 0.2) is 24.5 Å². The van der Waals surface area contributed by atoms with Crippen molar-refractivity contribution in [2.24, 2.45) is 0 Å². The number of fused-ring (bicyclic) bond motifs is 1. The van der Waals surface area contributed by atoms with Crippen LogP contribution in [0.5, 0.6) is 0 Å². The lowest BCUT2D eigenvalue weighted by atomic mass is 10.4. The second-order valence-electron chi connectivity index (χ2n) is 1.74. The SMILES string of the molecule is [2H]c1cc2nnccc2[nH]1. The van der Waals surface area contributed by atoms with Crippen LogP contribution in [0, 0.1) is 0 Å². The summed E-state index contributed by atoms with van der Waals surface area (Å²) in [6.07, 6.45) is 1.97. The fourth-order valence-electron chi connectivity index (χ4n) is 0.737. The van der Waals surface area contributed by atoms with Gasteiger partial charge in [0.1, 0.15) is 5.52 Å². The van der Waals surface area contributed by atoms with Crippen molar-refractivity contribution in [3.8, 4) is 0 Å². The molecule has 0 aromatic carbocycles. The predicted octanol–water partition coefficient (Wildman–Crippen LogP) is 0.958. The largest absolute Gasteiger partial charge is 0.360 e. The Morgan fingerprint density at radius 2 is 2.56 bits per heavy atom. The van der Waals surface area contributed by atoms with E-state index in [2.05, 4.69) is 15.2 Å². The Morgan fingerprint density at radius 1 is 1.56 bits per heavy atom. The average Bonchev–Trinajstić information content (AvgIpc) is 2.27. The van der Waals surface area contributed by atoms with Gasteiger partial charge in [0, 0.05) is 6.17 Å². The molecule has 0 aliphatic rings. The van der Waals surface area contributed by atoms with E-state index in [1.54, 1.807) is 18.3 Å². The molecule has 2 aromatic rings. The Morgan fingerprint density at radius 3 is 3.44 bits per heavy atom. The first-order chi connectivity index (χ1) is 4.86. The van der Waals surface area contributed by atoms with Gasteiger partial charge in [-0.3, -0.25) is 0 Å². The first kappa shape index (κ1) is 3.61. The highest BCUT2D eigenvalue weighted by molar-refractivity contribution is 5.73. The third-order valence-electron chi connectivity index (χ3n) is 1.17. The molecule has 44 valence electrons. The standard InChI is InChI=1S/C6H5N3/c1-3-7-5-2-4-8-9-6(1)5/h1-4,7H/i3D. The topological polar surface area (TPSA) is 41.6 Å². The van der Waals surface area contributed by atoms with Gasteiger partial charge in [0.25, 0.3) is 0 Å². The Hall–Kier alpha value is -1.38. The Balaban J connectivity index is 2.88. The van der Waals surface area contributed by atoms with Crippen molar-refractivity contribution in [2.75, 3.05) is 0 Å². The third-order valence-corrected chi connectivity index (χ3v) is 1.17. The number of aromatic nitrogens is 3. The minimum absolute atomic E-state index is 0.371. The van der Waals surface area contributed by atoms with E-state index >= 15 is 0 Å². The summed E-state index contributed by atoms with van der Waals surface area (Å²) in [6.45, 7) is 0. The molecule has 3 nitrogen and oxygen atoms in total. The van der Waals surface area contributed by atoms with E-state index < -0.39 is 0 Å². The zero-order chi connectivity index (χ0) is 6.97. The van der Waals surface area contributed by atoms with Crippen LogP contribution < -0.4 is 0 Å². The second kappa shape index (κ2) is 1.55. The van der Waals surface area contributed by atoms with E-state index in [9.17, 15) is 0 Å². The van der Waals surface area contributed by atoms with E-state index in [-0.39, 0.29) is 0 Å². The fraction of sp³-hybridized carbons (Fsp3) is 0. The van der Waals surface area contributed by atoms with Crippen molar-refractivity contribution in [3.05, 3.63) is 24.5 Å². The number of nitrogens with zero attached hydrogens (tertiary/aromatic N) is 2. The average molecular weight is 120 g/mol. The summed E-state index contributed by atoms with van der Waals surface area (Å²) in [5.74, 6) is 0. The molecular weight excluding hydrogens is 114 g/mol. The van der Waals surface area contributed by atoms with Gasteiger partial charge in [-0.15, -0.1) is 5.10 Å². The maximum absolute atomic E-state index is 7.20. The lowest BCUT2D eigenvalue weighted by molar-refractivity contribution is 1.08. The van der Waals surface area contributed by atoms with E-state index in [0.717, 1.165) is 11.0 Å².